The number of carbonyl (C=O) groups is 2. The van der Waals surface area contributed by atoms with E-state index in [1.54, 1.807) is 14.0 Å². The Morgan fingerprint density at radius 3 is 2.45 bits per heavy atom. The van der Waals surface area contributed by atoms with Gasteiger partial charge < -0.3 is 20.5 Å². The number of amides is 1. The Kier molecular flexibility index (Phi) is 4.73. The van der Waals surface area contributed by atoms with Crippen molar-refractivity contribution in [2.45, 2.75) is 25.9 Å². The van der Waals surface area contributed by atoms with Crippen LogP contribution in [0.4, 0.5) is 11.4 Å². The Morgan fingerprint density at radius 2 is 2.05 bits per heavy atom. The van der Waals surface area contributed by atoms with Crippen LogP contribution in [0.2, 0.25) is 0 Å². The lowest BCUT2D eigenvalue weighted by molar-refractivity contribution is -0.138. The highest BCUT2D eigenvalue weighted by atomic mass is 16.5. The summed E-state index contributed by atoms with van der Waals surface area (Å²) in [5.74, 6) is -1.30. The molecule has 0 aromatic heterocycles. The van der Waals surface area contributed by atoms with E-state index in [2.05, 4.69) is 0 Å². The SMILES string of the molecule is CCC(C)(OC)C(=O)N(C)c1ccc(C(=O)O)cc1N. The van der Waals surface area contributed by atoms with Gasteiger partial charge in [-0.25, -0.2) is 4.79 Å². The van der Waals surface area contributed by atoms with Crippen molar-refractivity contribution in [1.82, 2.24) is 0 Å². The summed E-state index contributed by atoms with van der Waals surface area (Å²) in [5, 5.41) is 8.90. The molecule has 6 nitrogen and oxygen atoms in total. The molecule has 3 N–H and O–H groups in total. The van der Waals surface area contributed by atoms with Gasteiger partial charge in [0.15, 0.2) is 0 Å². The minimum atomic E-state index is -1.06. The summed E-state index contributed by atoms with van der Waals surface area (Å²) in [6, 6.07) is 4.26. The first-order valence-corrected chi connectivity index (χ1v) is 6.23. The van der Waals surface area contributed by atoms with Gasteiger partial charge in [0, 0.05) is 14.2 Å². The molecule has 0 fully saturated rings. The van der Waals surface area contributed by atoms with Crippen molar-refractivity contribution >= 4 is 23.3 Å². The quantitative estimate of drug-likeness (QED) is 0.801. The number of nitrogens with zero attached hydrogens (tertiary/aromatic N) is 1. The molecule has 0 aliphatic carbocycles. The zero-order valence-corrected chi connectivity index (χ0v) is 12.1. The molecule has 1 atom stereocenters. The molecule has 1 rings (SSSR count). The van der Waals surface area contributed by atoms with Crippen LogP contribution in [0.25, 0.3) is 0 Å². The molecule has 1 aromatic rings. The number of hydrogen-bond donors (Lipinski definition) is 2. The number of hydrogen-bond acceptors (Lipinski definition) is 4. The highest BCUT2D eigenvalue weighted by Crippen LogP contribution is 2.27. The Labute approximate surface area is 118 Å². The lowest BCUT2D eigenvalue weighted by Crippen LogP contribution is -2.46. The van der Waals surface area contributed by atoms with Gasteiger partial charge in [-0.1, -0.05) is 6.92 Å². The minimum absolute atomic E-state index is 0.0806. The molecule has 0 bridgehead atoms. The van der Waals surface area contributed by atoms with E-state index in [0.717, 1.165) is 0 Å². The van der Waals surface area contributed by atoms with Gasteiger partial charge in [0.2, 0.25) is 0 Å². The van der Waals surface area contributed by atoms with Crippen molar-refractivity contribution in [2.24, 2.45) is 0 Å². The van der Waals surface area contributed by atoms with Gasteiger partial charge in [-0.3, -0.25) is 4.79 Å². The van der Waals surface area contributed by atoms with E-state index >= 15 is 0 Å². The number of likely N-dealkylation sites (N-methyl/N-ethyl adjacent to an activating group) is 1. The van der Waals surface area contributed by atoms with Gasteiger partial charge >= 0.3 is 5.97 Å². The third kappa shape index (κ3) is 2.91. The minimum Gasteiger partial charge on any atom is -0.478 e. The van der Waals surface area contributed by atoms with E-state index in [1.807, 2.05) is 6.92 Å². The van der Waals surface area contributed by atoms with Gasteiger partial charge in [-0.05, 0) is 31.5 Å². The Balaban J connectivity index is 3.12. The normalized spacial score (nSPS) is 13.6. The summed E-state index contributed by atoms with van der Waals surface area (Å²) in [5.41, 5.74) is 5.66. The predicted molar refractivity (Wildman–Crippen MR) is 76.9 cm³/mol. The van der Waals surface area contributed by atoms with E-state index < -0.39 is 11.6 Å². The van der Waals surface area contributed by atoms with Gasteiger partial charge in [0.05, 0.1) is 16.9 Å². The number of nitrogens with two attached hydrogens (primary N) is 1. The average molecular weight is 280 g/mol. The lowest BCUT2D eigenvalue weighted by atomic mass is 10.0. The van der Waals surface area contributed by atoms with E-state index in [0.29, 0.717) is 12.1 Å². The van der Waals surface area contributed by atoms with Gasteiger partial charge in [-0.15, -0.1) is 0 Å². The summed E-state index contributed by atoms with van der Waals surface area (Å²) < 4.78 is 5.27. The Morgan fingerprint density at radius 1 is 1.45 bits per heavy atom. The van der Waals surface area contributed by atoms with Gasteiger partial charge in [0.25, 0.3) is 5.91 Å². The van der Waals surface area contributed by atoms with Crippen molar-refractivity contribution < 1.29 is 19.4 Å². The fraction of sp³-hybridized carbons (Fsp3) is 0.429. The maximum absolute atomic E-state index is 12.4. The molecule has 6 heteroatoms. The zero-order chi connectivity index (χ0) is 15.5. The van der Waals surface area contributed by atoms with E-state index in [4.69, 9.17) is 15.6 Å². The zero-order valence-electron chi connectivity index (χ0n) is 12.1. The molecular formula is C14H20N2O4. The third-order valence-electron chi connectivity index (χ3n) is 3.52. The largest absolute Gasteiger partial charge is 0.478 e. The highest BCUT2D eigenvalue weighted by Gasteiger charge is 2.34. The first-order valence-electron chi connectivity index (χ1n) is 6.23. The number of carbonyl (C=O) groups excluding carboxylic acids is 1. The summed E-state index contributed by atoms with van der Waals surface area (Å²) in [6.07, 6.45) is 0.514. The summed E-state index contributed by atoms with van der Waals surface area (Å²) in [4.78, 5) is 24.7. The topological polar surface area (TPSA) is 92.9 Å². The summed E-state index contributed by atoms with van der Waals surface area (Å²) >= 11 is 0. The van der Waals surface area contributed by atoms with Crippen molar-refractivity contribution in [3.8, 4) is 0 Å². The molecular weight excluding hydrogens is 260 g/mol. The van der Waals surface area contributed by atoms with E-state index in [9.17, 15) is 9.59 Å². The van der Waals surface area contributed by atoms with Crippen LogP contribution in [0.1, 0.15) is 30.6 Å². The maximum Gasteiger partial charge on any atom is 0.335 e. The smallest absolute Gasteiger partial charge is 0.335 e. The molecule has 110 valence electrons. The third-order valence-corrected chi connectivity index (χ3v) is 3.52. The molecule has 0 radical (unpaired) electrons. The van der Waals surface area contributed by atoms with Crippen LogP contribution in [0.5, 0.6) is 0 Å². The average Bonchev–Trinajstić information content (AvgIpc) is 2.44. The number of anilines is 2. The second kappa shape index (κ2) is 5.92. The van der Waals surface area contributed by atoms with Crippen LogP contribution in [-0.4, -0.2) is 36.7 Å². The number of carboxylic acid groups (broad SMARTS) is 1. The molecule has 0 saturated heterocycles. The van der Waals surface area contributed by atoms with E-state index in [1.165, 1.54) is 30.2 Å². The van der Waals surface area contributed by atoms with Crippen molar-refractivity contribution in [3.63, 3.8) is 0 Å². The van der Waals surface area contributed by atoms with Crippen LogP contribution in [-0.2, 0) is 9.53 Å². The Hall–Kier alpha value is -2.08. The molecule has 1 amide bonds. The van der Waals surface area contributed by atoms with Crippen LogP contribution in [0.3, 0.4) is 0 Å². The number of benzene rings is 1. The standard InChI is InChI=1S/C14H20N2O4/c1-5-14(2,20-4)13(19)16(3)11-7-6-9(12(17)18)8-10(11)15/h6-8H,5,15H2,1-4H3,(H,17,18). The first-order chi connectivity index (χ1) is 9.26. The molecule has 1 aromatic carbocycles. The van der Waals surface area contributed by atoms with Crippen LogP contribution in [0.15, 0.2) is 18.2 Å². The molecule has 0 heterocycles. The van der Waals surface area contributed by atoms with Crippen LogP contribution < -0.4 is 10.6 Å². The fourth-order valence-electron chi connectivity index (χ4n) is 1.84. The second-order valence-corrected chi connectivity index (χ2v) is 4.73. The van der Waals surface area contributed by atoms with Crippen LogP contribution >= 0.6 is 0 Å². The van der Waals surface area contributed by atoms with Crippen molar-refractivity contribution in [2.75, 3.05) is 24.8 Å². The number of methoxy groups -OCH3 is 1. The number of aromatic carboxylic acids is 1. The molecule has 0 saturated carbocycles. The monoisotopic (exact) mass is 280 g/mol. The fourth-order valence-corrected chi connectivity index (χ4v) is 1.84. The lowest BCUT2D eigenvalue weighted by Gasteiger charge is -2.31. The molecule has 1 unspecified atom stereocenters. The molecule has 0 spiro atoms. The van der Waals surface area contributed by atoms with Gasteiger partial charge in [-0.2, -0.15) is 0 Å². The predicted octanol–water partition coefficient (Wildman–Crippen LogP) is 1.74. The van der Waals surface area contributed by atoms with Crippen molar-refractivity contribution in [3.05, 3.63) is 23.8 Å². The van der Waals surface area contributed by atoms with Gasteiger partial charge in [0.1, 0.15) is 5.60 Å². The summed E-state index contributed by atoms with van der Waals surface area (Å²) in [6.45, 7) is 3.56. The molecule has 0 aliphatic rings. The van der Waals surface area contributed by atoms with E-state index in [-0.39, 0.29) is 17.2 Å². The highest BCUT2D eigenvalue weighted by molar-refractivity contribution is 6.02. The number of carboxylic acids is 1. The summed E-state index contributed by atoms with van der Waals surface area (Å²) in [7, 11) is 3.06. The molecule has 0 aliphatic heterocycles. The van der Waals surface area contributed by atoms with Crippen LogP contribution in [0, 0.1) is 0 Å². The van der Waals surface area contributed by atoms with Crippen molar-refractivity contribution in [1.29, 1.82) is 0 Å². The number of ether oxygens (including phenoxy) is 1. The second-order valence-electron chi connectivity index (χ2n) is 4.73. The number of rotatable bonds is 5. The Bertz CT molecular complexity index is 524. The first kappa shape index (κ1) is 16.0. The maximum atomic E-state index is 12.4. The molecule has 20 heavy (non-hydrogen) atoms. The number of nitrogen functional groups attached to an aromatic ring is 1.